The molecule has 0 aliphatic rings. The number of benzene rings is 1. The number of nitrogens with one attached hydrogen (secondary N) is 1. The van der Waals surface area contributed by atoms with Gasteiger partial charge in [-0.15, -0.1) is 20.4 Å². The average Bonchev–Trinajstić information content (AvgIpc) is 3.10. The molecule has 0 saturated carbocycles. The average molecular weight is 387 g/mol. The molecule has 2 aromatic heterocycles. The molecular formula is C19H22FN5OS. The Morgan fingerprint density at radius 3 is 2.63 bits per heavy atom. The van der Waals surface area contributed by atoms with Gasteiger partial charge in [0.15, 0.2) is 5.82 Å². The zero-order valence-electron chi connectivity index (χ0n) is 15.2. The molecule has 27 heavy (non-hydrogen) atoms. The fourth-order valence-electron chi connectivity index (χ4n) is 2.77. The van der Waals surface area contributed by atoms with Crippen LogP contribution >= 0.6 is 11.3 Å². The Kier molecular flexibility index (Phi) is 6.75. The van der Waals surface area contributed by atoms with Crippen molar-refractivity contribution in [3.63, 3.8) is 0 Å². The molecule has 0 unspecified atom stereocenters. The van der Waals surface area contributed by atoms with Gasteiger partial charge in [0.05, 0.1) is 12.2 Å². The van der Waals surface area contributed by atoms with Crippen LogP contribution in [0.3, 0.4) is 0 Å². The van der Waals surface area contributed by atoms with Gasteiger partial charge in [-0.1, -0.05) is 30.6 Å². The summed E-state index contributed by atoms with van der Waals surface area (Å²) < 4.78 is 12.0. The standard InChI is InChI=1S/C19H22FN5OS/c1-13-22-25-19(27-13)14-8-9-16-15(11-14)12-17(24-23-16)21-18(26)7-5-3-2-4-6-10-20/h8-9,11-12H,2-7,10H2,1H3,(H,21,24,26). The normalized spacial score (nSPS) is 11.0. The van der Waals surface area contributed by atoms with Crippen molar-refractivity contribution in [1.29, 1.82) is 0 Å². The van der Waals surface area contributed by atoms with Gasteiger partial charge in [-0.2, -0.15) is 0 Å². The predicted octanol–water partition coefficient (Wildman–Crippen LogP) is 4.71. The molecule has 1 aromatic carbocycles. The molecule has 3 rings (SSSR count). The lowest BCUT2D eigenvalue weighted by Crippen LogP contribution is -2.12. The van der Waals surface area contributed by atoms with Gasteiger partial charge in [-0.3, -0.25) is 9.18 Å². The molecule has 0 fully saturated rings. The first-order valence-electron chi connectivity index (χ1n) is 9.09. The maximum Gasteiger partial charge on any atom is 0.225 e. The number of carbonyl (C=O) groups is 1. The molecule has 8 heteroatoms. The summed E-state index contributed by atoms with van der Waals surface area (Å²) in [4.78, 5) is 12.1. The predicted molar refractivity (Wildman–Crippen MR) is 105 cm³/mol. The van der Waals surface area contributed by atoms with E-state index in [2.05, 4.69) is 25.7 Å². The minimum absolute atomic E-state index is 0.0787. The fraction of sp³-hybridized carbons (Fsp3) is 0.421. The largest absolute Gasteiger partial charge is 0.309 e. The van der Waals surface area contributed by atoms with Crippen molar-refractivity contribution in [2.45, 2.75) is 45.4 Å². The Hall–Kier alpha value is -2.48. The molecule has 142 valence electrons. The van der Waals surface area contributed by atoms with Gasteiger partial charge < -0.3 is 5.32 Å². The van der Waals surface area contributed by atoms with Crippen LogP contribution in [0, 0.1) is 6.92 Å². The van der Waals surface area contributed by atoms with Crippen molar-refractivity contribution in [2.24, 2.45) is 0 Å². The van der Waals surface area contributed by atoms with Gasteiger partial charge in [-0.05, 0) is 44.0 Å². The summed E-state index contributed by atoms with van der Waals surface area (Å²) in [5.41, 5.74) is 1.72. The van der Waals surface area contributed by atoms with Crippen LogP contribution in [0.4, 0.5) is 10.2 Å². The third kappa shape index (κ3) is 5.50. The van der Waals surface area contributed by atoms with E-state index in [-0.39, 0.29) is 12.6 Å². The summed E-state index contributed by atoms with van der Waals surface area (Å²) in [5.74, 6) is 0.362. The lowest BCUT2D eigenvalue weighted by atomic mass is 10.1. The number of anilines is 1. The number of hydrogen-bond acceptors (Lipinski definition) is 6. The topological polar surface area (TPSA) is 80.7 Å². The molecule has 6 nitrogen and oxygen atoms in total. The van der Waals surface area contributed by atoms with Crippen LogP contribution in [0.25, 0.3) is 21.5 Å². The molecule has 0 saturated heterocycles. The monoisotopic (exact) mass is 387 g/mol. The number of alkyl halides is 1. The van der Waals surface area contributed by atoms with Crippen molar-refractivity contribution in [3.8, 4) is 10.6 Å². The van der Waals surface area contributed by atoms with Crippen LogP contribution in [-0.2, 0) is 4.79 Å². The number of aryl methyl sites for hydroxylation is 1. The number of hydrogen-bond donors (Lipinski definition) is 1. The highest BCUT2D eigenvalue weighted by molar-refractivity contribution is 7.14. The van der Waals surface area contributed by atoms with Crippen molar-refractivity contribution in [3.05, 3.63) is 29.3 Å². The van der Waals surface area contributed by atoms with Crippen LogP contribution in [0.2, 0.25) is 0 Å². The van der Waals surface area contributed by atoms with E-state index < -0.39 is 0 Å². The molecule has 0 spiro atoms. The van der Waals surface area contributed by atoms with E-state index in [1.54, 1.807) is 0 Å². The third-order valence-electron chi connectivity index (χ3n) is 4.16. The van der Waals surface area contributed by atoms with Crippen LogP contribution in [0.5, 0.6) is 0 Å². The van der Waals surface area contributed by atoms with Gasteiger partial charge in [0.25, 0.3) is 0 Å². The summed E-state index contributed by atoms with van der Waals surface area (Å²) in [6.45, 7) is 1.66. The number of fused-ring (bicyclic) bond motifs is 1. The molecular weight excluding hydrogens is 365 g/mol. The van der Waals surface area contributed by atoms with E-state index in [4.69, 9.17) is 0 Å². The van der Waals surface area contributed by atoms with Gasteiger partial charge >= 0.3 is 0 Å². The highest BCUT2D eigenvalue weighted by Gasteiger charge is 2.08. The summed E-state index contributed by atoms with van der Waals surface area (Å²) in [5, 5.41) is 21.9. The zero-order valence-corrected chi connectivity index (χ0v) is 16.1. The quantitative estimate of drug-likeness (QED) is 0.538. The van der Waals surface area contributed by atoms with Crippen molar-refractivity contribution < 1.29 is 9.18 Å². The number of aromatic nitrogens is 4. The Bertz CT molecular complexity index is 914. The second kappa shape index (κ2) is 9.45. The van der Waals surface area contributed by atoms with Crippen molar-refractivity contribution in [2.75, 3.05) is 12.0 Å². The van der Waals surface area contributed by atoms with Crippen molar-refractivity contribution in [1.82, 2.24) is 20.4 Å². The van der Waals surface area contributed by atoms with E-state index in [1.165, 1.54) is 11.3 Å². The number of rotatable bonds is 9. The van der Waals surface area contributed by atoms with Gasteiger partial charge in [0, 0.05) is 17.4 Å². The van der Waals surface area contributed by atoms with E-state index in [0.29, 0.717) is 18.7 Å². The number of unbranched alkanes of at least 4 members (excludes halogenated alkanes) is 4. The fourth-order valence-corrected chi connectivity index (χ4v) is 3.46. The molecule has 1 amide bonds. The second-order valence-corrected chi connectivity index (χ2v) is 7.57. The first kappa shape index (κ1) is 19.3. The van der Waals surface area contributed by atoms with Crippen molar-refractivity contribution >= 4 is 34.0 Å². The SMILES string of the molecule is Cc1nnc(-c2ccc3nnc(NC(=O)CCCCCCCF)cc3c2)s1. The highest BCUT2D eigenvalue weighted by Crippen LogP contribution is 2.26. The van der Waals surface area contributed by atoms with E-state index in [0.717, 1.165) is 52.2 Å². The molecule has 0 atom stereocenters. The lowest BCUT2D eigenvalue weighted by molar-refractivity contribution is -0.116. The highest BCUT2D eigenvalue weighted by atomic mass is 32.1. The summed E-state index contributed by atoms with van der Waals surface area (Å²) in [6.07, 6.45) is 4.60. The number of carbonyl (C=O) groups excluding carboxylic acids is 1. The van der Waals surface area contributed by atoms with E-state index >= 15 is 0 Å². The molecule has 2 heterocycles. The Balaban J connectivity index is 1.60. The summed E-state index contributed by atoms with van der Waals surface area (Å²) in [6, 6.07) is 7.62. The maximum absolute atomic E-state index is 12.1. The Morgan fingerprint density at radius 1 is 1.04 bits per heavy atom. The zero-order chi connectivity index (χ0) is 19.1. The Morgan fingerprint density at radius 2 is 1.85 bits per heavy atom. The molecule has 1 N–H and O–H groups in total. The maximum atomic E-state index is 12.1. The first-order chi connectivity index (χ1) is 13.2. The van der Waals surface area contributed by atoms with E-state index in [9.17, 15) is 9.18 Å². The number of amides is 1. The molecule has 3 aromatic rings. The smallest absolute Gasteiger partial charge is 0.225 e. The Labute approximate surface area is 161 Å². The molecule has 0 aliphatic carbocycles. The molecule has 0 radical (unpaired) electrons. The summed E-state index contributed by atoms with van der Waals surface area (Å²) in [7, 11) is 0. The number of nitrogens with zero attached hydrogens (tertiary/aromatic N) is 4. The van der Waals surface area contributed by atoms with Gasteiger partial charge in [-0.25, -0.2) is 0 Å². The van der Waals surface area contributed by atoms with Crippen LogP contribution in [0.1, 0.15) is 43.5 Å². The number of halogens is 1. The van der Waals surface area contributed by atoms with Crippen LogP contribution in [-0.4, -0.2) is 33.0 Å². The minimum atomic E-state index is -0.262. The van der Waals surface area contributed by atoms with E-state index in [1.807, 2.05) is 31.2 Å². The van der Waals surface area contributed by atoms with Crippen LogP contribution in [0.15, 0.2) is 24.3 Å². The minimum Gasteiger partial charge on any atom is -0.309 e. The first-order valence-corrected chi connectivity index (χ1v) is 9.91. The van der Waals surface area contributed by atoms with Gasteiger partial charge in [0.2, 0.25) is 5.91 Å². The summed E-state index contributed by atoms with van der Waals surface area (Å²) >= 11 is 1.53. The molecule has 0 bridgehead atoms. The third-order valence-corrected chi connectivity index (χ3v) is 5.05. The van der Waals surface area contributed by atoms with Crippen LogP contribution < -0.4 is 5.32 Å². The second-order valence-electron chi connectivity index (χ2n) is 6.38. The molecule has 0 aliphatic heterocycles. The van der Waals surface area contributed by atoms with Gasteiger partial charge in [0.1, 0.15) is 10.0 Å². The lowest BCUT2D eigenvalue weighted by Gasteiger charge is -2.06.